The minimum absolute atomic E-state index is 0.121. The molecule has 236 valence electrons. The van der Waals surface area contributed by atoms with E-state index in [1.54, 1.807) is 38.1 Å². The van der Waals surface area contributed by atoms with Crippen molar-refractivity contribution < 1.29 is 32.6 Å². The fraction of sp³-hybridized carbons (Fsp3) is 0.613. The molecule has 0 aliphatic carbocycles. The molecule has 12 heteroatoms. The summed E-state index contributed by atoms with van der Waals surface area (Å²) in [6.45, 7) is 14.5. The van der Waals surface area contributed by atoms with Crippen LogP contribution in [0.25, 0.3) is 0 Å². The minimum Gasteiger partial charge on any atom is -0.487 e. The van der Waals surface area contributed by atoms with Gasteiger partial charge in [-0.2, -0.15) is 0 Å². The number of likely N-dealkylation sites (tertiary alicyclic amines) is 1. The van der Waals surface area contributed by atoms with Gasteiger partial charge in [-0.3, -0.25) is 0 Å². The molecule has 1 aromatic carbocycles. The maximum atomic E-state index is 14.8. The minimum atomic E-state index is -0.715. The Bertz CT molecular complexity index is 1270. The number of piperidine rings is 1. The van der Waals surface area contributed by atoms with E-state index in [-0.39, 0.29) is 36.8 Å². The van der Waals surface area contributed by atoms with Gasteiger partial charge >= 0.3 is 12.2 Å². The third-order valence-corrected chi connectivity index (χ3v) is 7.45. The highest BCUT2D eigenvalue weighted by atomic mass is 19.1. The largest absolute Gasteiger partial charge is 0.487 e. The van der Waals surface area contributed by atoms with E-state index in [1.165, 1.54) is 0 Å². The van der Waals surface area contributed by atoms with Crippen molar-refractivity contribution >= 4 is 18.1 Å². The second-order valence-electron chi connectivity index (χ2n) is 13.3. The van der Waals surface area contributed by atoms with Gasteiger partial charge in [0.05, 0.1) is 24.5 Å². The van der Waals surface area contributed by atoms with Crippen molar-refractivity contribution in [3.8, 4) is 5.75 Å². The zero-order valence-electron chi connectivity index (χ0n) is 26.0. The lowest BCUT2D eigenvalue weighted by Gasteiger charge is -2.35. The van der Waals surface area contributed by atoms with Gasteiger partial charge < -0.3 is 29.3 Å². The van der Waals surface area contributed by atoms with E-state index in [1.807, 2.05) is 32.6 Å². The third kappa shape index (κ3) is 8.90. The molecule has 3 atom stereocenters. The van der Waals surface area contributed by atoms with Crippen molar-refractivity contribution in [2.75, 3.05) is 31.1 Å². The van der Waals surface area contributed by atoms with Crippen LogP contribution in [-0.2, 0) is 9.47 Å². The fourth-order valence-electron chi connectivity index (χ4n) is 5.41. The molecule has 0 saturated carbocycles. The van der Waals surface area contributed by atoms with Crippen LogP contribution in [-0.4, -0.2) is 76.6 Å². The first-order chi connectivity index (χ1) is 20.1. The van der Waals surface area contributed by atoms with Gasteiger partial charge in [-0.05, 0) is 91.0 Å². The van der Waals surface area contributed by atoms with Crippen molar-refractivity contribution in [1.82, 2.24) is 20.2 Å². The summed E-state index contributed by atoms with van der Waals surface area (Å²) < 4.78 is 45.9. The summed E-state index contributed by atoms with van der Waals surface area (Å²) in [5.41, 5.74) is -1.08. The highest BCUT2D eigenvalue weighted by Gasteiger charge is 2.38. The van der Waals surface area contributed by atoms with Crippen LogP contribution in [0.15, 0.2) is 30.6 Å². The van der Waals surface area contributed by atoms with E-state index >= 15 is 0 Å². The molecule has 3 heterocycles. The monoisotopic (exact) mass is 603 g/mol. The maximum Gasteiger partial charge on any atom is 0.410 e. The highest BCUT2D eigenvalue weighted by molar-refractivity contribution is 5.69. The number of halogens is 2. The molecule has 0 bridgehead atoms. The molecule has 3 unspecified atom stereocenters. The highest BCUT2D eigenvalue weighted by Crippen LogP contribution is 2.33. The van der Waals surface area contributed by atoms with Gasteiger partial charge in [0.1, 0.15) is 22.8 Å². The number of ether oxygens (including phenoxy) is 3. The number of hydrogen-bond donors (Lipinski definition) is 1. The van der Waals surface area contributed by atoms with E-state index in [2.05, 4.69) is 15.3 Å². The van der Waals surface area contributed by atoms with Gasteiger partial charge in [0.15, 0.2) is 5.75 Å². The topological polar surface area (TPSA) is 106 Å². The summed E-state index contributed by atoms with van der Waals surface area (Å²) in [5, 5.41) is 2.82. The molecule has 2 aliphatic rings. The van der Waals surface area contributed by atoms with Gasteiger partial charge in [0.25, 0.3) is 0 Å². The Hall–Kier alpha value is -3.70. The van der Waals surface area contributed by atoms with Crippen LogP contribution in [0.1, 0.15) is 72.8 Å². The fourth-order valence-corrected chi connectivity index (χ4v) is 5.41. The van der Waals surface area contributed by atoms with E-state index in [9.17, 15) is 18.4 Å². The summed E-state index contributed by atoms with van der Waals surface area (Å²) in [6, 6.07) is 2.74. The van der Waals surface area contributed by atoms with E-state index in [4.69, 9.17) is 14.2 Å². The molecule has 2 saturated heterocycles. The zero-order valence-corrected chi connectivity index (χ0v) is 26.0. The number of benzene rings is 1. The summed E-state index contributed by atoms with van der Waals surface area (Å²) in [7, 11) is 0. The van der Waals surface area contributed by atoms with Gasteiger partial charge in [0.2, 0.25) is 5.95 Å². The Kier molecular flexibility index (Phi) is 9.66. The number of carbonyl (C=O) groups is 2. The van der Waals surface area contributed by atoms with Crippen molar-refractivity contribution in [1.29, 1.82) is 0 Å². The van der Waals surface area contributed by atoms with Crippen LogP contribution in [0.5, 0.6) is 5.75 Å². The second-order valence-corrected chi connectivity index (χ2v) is 13.3. The van der Waals surface area contributed by atoms with E-state index < -0.39 is 40.9 Å². The summed E-state index contributed by atoms with van der Waals surface area (Å²) in [6.07, 6.45) is 3.69. The quantitative estimate of drug-likeness (QED) is 0.451. The first kappa shape index (κ1) is 32.2. The molecule has 0 spiro atoms. The van der Waals surface area contributed by atoms with Crippen molar-refractivity contribution in [2.24, 2.45) is 5.92 Å². The second kappa shape index (κ2) is 12.9. The Morgan fingerprint density at radius 1 is 0.977 bits per heavy atom. The lowest BCUT2D eigenvalue weighted by Crippen LogP contribution is -2.44. The Labute approximate surface area is 252 Å². The van der Waals surface area contributed by atoms with E-state index in [0.717, 1.165) is 31.0 Å². The van der Waals surface area contributed by atoms with E-state index in [0.29, 0.717) is 24.8 Å². The molecule has 2 amide bonds. The van der Waals surface area contributed by atoms with Crippen LogP contribution in [0.3, 0.4) is 0 Å². The van der Waals surface area contributed by atoms with Gasteiger partial charge in [-0.1, -0.05) is 0 Å². The number of amides is 2. The molecule has 2 fully saturated rings. The van der Waals surface area contributed by atoms with Crippen molar-refractivity contribution in [3.63, 3.8) is 0 Å². The average Bonchev–Trinajstić information content (AvgIpc) is 3.31. The molecule has 1 N–H and O–H groups in total. The number of nitrogens with zero attached hydrogens (tertiary/aromatic N) is 4. The van der Waals surface area contributed by atoms with Gasteiger partial charge in [0, 0.05) is 32.1 Å². The smallest absolute Gasteiger partial charge is 0.410 e. The van der Waals surface area contributed by atoms with Crippen LogP contribution in [0.2, 0.25) is 0 Å². The molecule has 2 aliphatic heterocycles. The number of aromatic nitrogens is 2. The number of nitrogens with one attached hydrogen (secondary N) is 1. The van der Waals surface area contributed by atoms with Gasteiger partial charge in [-0.15, -0.1) is 0 Å². The van der Waals surface area contributed by atoms with Crippen LogP contribution >= 0.6 is 0 Å². The number of rotatable bonds is 6. The lowest BCUT2D eigenvalue weighted by molar-refractivity contribution is 0.0120. The Morgan fingerprint density at radius 3 is 2.21 bits per heavy atom. The first-order valence-electron chi connectivity index (χ1n) is 14.7. The SMILES string of the molecule is CC(Oc1cnc(N2CC(NC(=O)OC(C)(C)C)C(c3cc(F)ccc3F)C2)nc1)C1CCN(C(=O)OC(C)(C)C)CC1. The predicted octanol–water partition coefficient (Wildman–Crippen LogP) is 5.67. The Balaban J connectivity index is 1.38. The molecule has 1 aromatic heterocycles. The number of alkyl carbamates (subject to hydrolysis) is 1. The summed E-state index contributed by atoms with van der Waals surface area (Å²) in [5.74, 6) is -0.553. The summed E-state index contributed by atoms with van der Waals surface area (Å²) in [4.78, 5) is 37.5. The zero-order chi connectivity index (χ0) is 31.5. The maximum absolute atomic E-state index is 14.8. The molecule has 4 rings (SSSR count). The standard InChI is InChI=1S/C31H43F2N5O5/c1-19(20-10-12-37(13-11-20)29(40)43-31(5,6)7)41-22-15-34-27(35-16-22)38-17-24(23-14-21(32)8-9-25(23)33)26(18-38)36-28(39)42-30(2,3)4/h8-9,14-16,19-20,24,26H,10-13,17-18H2,1-7H3,(H,36,39). The normalized spacial score (nSPS) is 20.5. The van der Waals surface area contributed by atoms with Crippen LogP contribution in [0.4, 0.5) is 24.3 Å². The number of anilines is 1. The van der Waals surface area contributed by atoms with Gasteiger partial charge in [-0.25, -0.2) is 28.3 Å². The average molecular weight is 604 g/mol. The predicted molar refractivity (Wildman–Crippen MR) is 157 cm³/mol. The number of carbonyl (C=O) groups excluding carboxylic acids is 2. The third-order valence-electron chi connectivity index (χ3n) is 7.45. The molecule has 43 heavy (non-hydrogen) atoms. The Morgan fingerprint density at radius 2 is 1.60 bits per heavy atom. The molecular formula is C31H43F2N5O5. The molecule has 2 aromatic rings. The lowest BCUT2D eigenvalue weighted by atomic mass is 9.92. The molecular weight excluding hydrogens is 560 g/mol. The number of hydrogen-bond acceptors (Lipinski definition) is 8. The van der Waals surface area contributed by atoms with Crippen molar-refractivity contribution in [2.45, 2.75) is 90.6 Å². The summed E-state index contributed by atoms with van der Waals surface area (Å²) >= 11 is 0. The molecule has 10 nitrogen and oxygen atoms in total. The molecule has 0 radical (unpaired) electrons. The van der Waals surface area contributed by atoms with Crippen molar-refractivity contribution in [3.05, 3.63) is 47.8 Å². The van der Waals surface area contributed by atoms with Crippen LogP contribution < -0.4 is 15.0 Å². The first-order valence-corrected chi connectivity index (χ1v) is 14.7. The van der Waals surface area contributed by atoms with Crippen LogP contribution in [0, 0.1) is 17.6 Å².